The van der Waals surface area contributed by atoms with Crippen molar-refractivity contribution in [1.29, 1.82) is 0 Å². The molecule has 9 heteroatoms. The van der Waals surface area contributed by atoms with Crippen LogP contribution in [0.3, 0.4) is 0 Å². The number of ether oxygens (including phenoxy) is 1. The molecule has 1 heterocycles. The van der Waals surface area contributed by atoms with Gasteiger partial charge in [-0.05, 0) is 12.3 Å². The van der Waals surface area contributed by atoms with E-state index in [-0.39, 0.29) is 17.8 Å². The lowest BCUT2D eigenvalue weighted by atomic mass is 10.0. The van der Waals surface area contributed by atoms with Crippen LogP contribution in [-0.4, -0.2) is 35.1 Å². The molecular weight excluding hydrogens is 294 g/mol. The van der Waals surface area contributed by atoms with Crippen LogP contribution in [0.5, 0.6) is 0 Å². The van der Waals surface area contributed by atoms with Crippen LogP contribution in [0, 0.1) is 5.92 Å². The van der Waals surface area contributed by atoms with Crippen molar-refractivity contribution in [3.05, 3.63) is 11.7 Å². The molecule has 21 heavy (non-hydrogen) atoms. The fourth-order valence-corrected chi connectivity index (χ4v) is 1.69. The molecule has 0 aromatic carbocycles. The van der Waals surface area contributed by atoms with E-state index in [1.54, 1.807) is 0 Å². The number of halogens is 4. The maximum Gasteiger partial charge on any atom is 0.330 e. The van der Waals surface area contributed by atoms with Gasteiger partial charge in [-0.15, -0.1) is 0 Å². The number of hydrogen-bond acceptors (Lipinski definition) is 5. The smallest absolute Gasteiger partial charge is 0.330 e. The zero-order valence-electron chi connectivity index (χ0n) is 11.9. The van der Waals surface area contributed by atoms with Crippen molar-refractivity contribution in [2.45, 2.75) is 51.7 Å². The molecule has 1 unspecified atom stereocenters. The van der Waals surface area contributed by atoms with Gasteiger partial charge in [0, 0.05) is 12.5 Å². The highest BCUT2D eigenvalue weighted by atomic mass is 19.3. The molecule has 1 atom stereocenters. The van der Waals surface area contributed by atoms with Crippen molar-refractivity contribution >= 4 is 0 Å². The first-order valence-corrected chi connectivity index (χ1v) is 6.51. The number of aromatic nitrogens is 2. The summed E-state index contributed by atoms with van der Waals surface area (Å²) in [5, 5.41) is 3.51. The number of hydrogen-bond donors (Lipinski definition) is 1. The molecule has 0 aliphatic rings. The molecule has 0 saturated carbocycles. The molecule has 0 radical (unpaired) electrons. The molecule has 0 aliphatic carbocycles. The fraction of sp³-hybridized carbons (Fsp3) is 0.833. The van der Waals surface area contributed by atoms with E-state index in [1.165, 1.54) is 0 Å². The van der Waals surface area contributed by atoms with Crippen LogP contribution in [0.4, 0.5) is 17.6 Å². The van der Waals surface area contributed by atoms with Gasteiger partial charge in [0.1, 0.15) is 13.2 Å². The Bertz CT molecular complexity index is 426. The first kappa shape index (κ1) is 17.8. The van der Waals surface area contributed by atoms with E-state index in [2.05, 4.69) is 14.9 Å². The summed E-state index contributed by atoms with van der Waals surface area (Å²) in [6, 6.07) is -0.151. The number of nitrogens with two attached hydrogens (primary N) is 1. The third kappa shape index (κ3) is 6.38. The third-order valence-electron chi connectivity index (χ3n) is 2.57. The molecule has 0 aliphatic heterocycles. The molecule has 0 bridgehead atoms. The van der Waals surface area contributed by atoms with E-state index in [0.29, 0.717) is 12.3 Å². The highest BCUT2D eigenvalue weighted by Crippen LogP contribution is 2.23. The Kier molecular flexibility index (Phi) is 6.53. The Labute approximate surface area is 119 Å². The minimum Gasteiger partial charge on any atom is -0.367 e. The van der Waals surface area contributed by atoms with Crippen LogP contribution in [0.15, 0.2) is 4.52 Å². The highest BCUT2D eigenvalue weighted by Gasteiger charge is 2.41. The van der Waals surface area contributed by atoms with Gasteiger partial charge < -0.3 is 15.0 Å². The Balaban J connectivity index is 2.38. The van der Waals surface area contributed by atoms with Crippen molar-refractivity contribution in [1.82, 2.24) is 10.1 Å². The number of alkyl halides is 4. The van der Waals surface area contributed by atoms with Gasteiger partial charge in [-0.3, -0.25) is 0 Å². The molecule has 1 aromatic heterocycles. The number of nitrogens with zero attached hydrogens (tertiary/aromatic N) is 2. The fourth-order valence-electron chi connectivity index (χ4n) is 1.69. The first-order chi connectivity index (χ1) is 9.70. The Hall–Kier alpha value is -1.22. The number of rotatable bonds is 9. The van der Waals surface area contributed by atoms with E-state index < -0.39 is 25.6 Å². The second-order valence-corrected chi connectivity index (χ2v) is 5.25. The maximum atomic E-state index is 12.6. The van der Waals surface area contributed by atoms with E-state index in [4.69, 9.17) is 10.3 Å². The molecule has 2 N–H and O–H groups in total. The van der Waals surface area contributed by atoms with Crippen molar-refractivity contribution in [2.24, 2.45) is 11.7 Å². The van der Waals surface area contributed by atoms with Crippen LogP contribution in [0.2, 0.25) is 0 Å². The Morgan fingerprint density at radius 1 is 1.33 bits per heavy atom. The van der Waals surface area contributed by atoms with Gasteiger partial charge in [-0.1, -0.05) is 19.0 Å². The average molecular weight is 313 g/mol. The summed E-state index contributed by atoms with van der Waals surface area (Å²) in [6.45, 7) is 2.22. The molecular formula is C12H19F4N3O2. The highest BCUT2D eigenvalue weighted by molar-refractivity contribution is 4.88. The van der Waals surface area contributed by atoms with Gasteiger partial charge in [0.05, 0.1) is 0 Å². The predicted octanol–water partition coefficient (Wildman–Crippen LogP) is 2.40. The molecule has 0 spiro atoms. The van der Waals surface area contributed by atoms with Crippen molar-refractivity contribution in [3.8, 4) is 0 Å². The second-order valence-electron chi connectivity index (χ2n) is 5.25. The molecule has 0 saturated heterocycles. The summed E-state index contributed by atoms with van der Waals surface area (Å²) >= 11 is 0. The minimum absolute atomic E-state index is 0.0202. The van der Waals surface area contributed by atoms with Crippen molar-refractivity contribution < 1.29 is 26.8 Å². The quantitative estimate of drug-likeness (QED) is 0.709. The van der Waals surface area contributed by atoms with Crippen LogP contribution in [0.25, 0.3) is 0 Å². The lowest BCUT2D eigenvalue weighted by molar-refractivity contribution is -0.168. The van der Waals surface area contributed by atoms with E-state index >= 15 is 0 Å². The Morgan fingerprint density at radius 3 is 2.57 bits per heavy atom. The Morgan fingerprint density at radius 2 is 2.00 bits per heavy atom. The second kappa shape index (κ2) is 7.69. The monoisotopic (exact) mass is 313 g/mol. The molecule has 1 rings (SSSR count). The molecule has 122 valence electrons. The van der Waals surface area contributed by atoms with Gasteiger partial charge in [-0.25, -0.2) is 8.78 Å². The van der Waals surface area contributed by atoms with E-state index in [9.17, 15) is 17.6 Å². The molecule has 1 aromatic rings. The van der Waals surface area contributed by atoms with E-state index in [1.807, 2.05) is 13.8 Å². The minimum atomic E-state index is -4.19. The molecule has 0 fully saturated rings. The first-order valence-electron chi connectivity index (χ1n) is 6.51. The summed E-state index contributed by atoms with van der Waals surface area (Å²) in [7, 11) is 0. The van der Waals surface area contributed by atoms with Crippen molar-refractivity contribution in [3.63, 3.8) is 0 Å². The van der Waals surface area contributed by atoms with Gasteiger partial charge >= 0.3 is 12.3 Å². The zero-order chi connectivity index (χ0) is 16.0. The van der Waals surface area contributed by atoms with E-state index in [0.717, 1.165) is 6.42 Å². The normalized spacial score (nSPS) is 14.1. The lowest BCUT2D eigenvalue weighted by Crippen LogP contribution is -2.32. The van der Waals surface area contributed by atoms with Crippen LogP contribution in [-0.2, 0) is 17.8 Å². The van der Waals surface area contributed by atoms with Gasteiger partial charge in [0.15, 0.2) is 5.82 Å². The summed E-state index contributed by atoms with van der Waals surface area (Å²) in [5.41, 5.74) is 5.86. The topological polar surface area (TPSA) is 74.2 Å². The largest absolute Gasteiger partial charge is 0.367 e. The molecule has 5 nitrogen and oxygen atoms in total. The standard InChI is InChI=1S/C12H19F4N3O2/c1-7(2)3-8(17)4-10-18-9(19-21-10)5-20-6-12(15,16)11(13)14/h7-8,11H,3-6,17H2,1-2H3. The summed E-state index contributed by atoms with van der Waals surface area (Å²) in [6.07, 6.45) is -2.64. The van der Waals surface area contributed by atoms with Gasteiger partial charge in [-0.2, -0.15) is 13.8 Å². The van der Waals surface area contributed by atoms with Crippen molar-refractivity contribution in [2.75, 3.05) is 6.61 Å². The zero-order valence-corrected chi connectivity index (χ0v) is 11.9. The summed E-state index contributed by atoms with van der Waals surface area (Å²) < 4.78 is 58.3. The van der Waals surface area contributed by atoms with Crippen LogP contribution >= 0.6 is 0 Å². The lowest BCUT2D eigenvalue weighted by Gasteiger charge is -2.14. The predicted molar refractivity (Wildman–Crippen MR) is 66.0 cm³/mol. The molecule has 0 amide bonds. The SMILES string of the molecule is CC(C)CC(N)Cc1nc(COCC(F)(F)C(F)F)no1. The third-order valence-corrected chi connectivity index (χ3v) is 2.57. The summed E-state index contributed by atoms with van der Waals surface area (Å²) in [4.78, 5) is 3.91. The average Bonchev–Trinajstić information content (AvgIpc) is 2.74. The van der Waals surface area contributed by atoms with Gasteiger partial charge in [0.2, 0.25) is 5.89 Å². The summed E-state index contributed by atoms with van der Waals surface area (Å²) in [5.74, 6) is -3.48. The maximum absolute atomic E-state index is 12.6. The van der Waals surface area contributed by atoms with Gasteiger partial charge in [0.25, 0.3) is 0 Å². The van der Waals surface area contributed by atoms with Crippen LogP contribution in [0.1, 0.15) is 32.0 Å². The van der Waals surface area contributed by atoms with Crippen LogP contribution < -0.4 is 5.73 Å².